The molecule has 3 aromatic carbocycles. The van der Waals surface area contributed by atoms with Crippen molar-refractivity contribution >= 4 is 29.1 Å². The summed E-state index contributed by atoms with van der Waals surface area (Å²) in [5.41, 5.74) is 1.34. The lowest BCUT2D eigenvalue weighted by Crippen LogP contribution is -2.46. The minimum absolute atomic E-state index is 0.0603. The van der Waals surface area contributed by atoms with Crippen molar-refractivity contribution < 1.29 is 33.7 Å². The second-order valence-corrected chi connectivity index (χ2v) is 14.0. The van der Waals surface area contributed by atoms with E-state index in [1.54, 1.807) is 60.4 Å². The third kappa shape index (κ3) is 5.94. The van der Waals surface area contributed by atoms with Crippen LogP contribution in [0.2, 0.25) is 0 Å². The summed E-state index contributed by atoms with van der Waals surface area (Å²) in [6.07, 6.45) is 2.69. The molecule has 0 aromatic heterocycles. The van der Waals surface area contributed by atoms with Crippen LogP contribution in [0.1, 0.15) is 61.5 Å². The Morgan fingerprint density at radius 2 is 1.72 bits per heavy atom. The van der Waals surface area contributed by atoms with Gasteiger partial charge in [-0.05, 0) is 78.4 Å². The van der Waals surface area contributed by atoms with Crippen LogP contribution < -0.4 is 19.7 Å². The van der Waals surface area contributed by atoms with Crippen LogP contribution in [0.25, 0.3) is 0 Å². The lowest BCUT2D eigenvalue weighted by atomic mass is 9.63. The topological polar surface area (TPSA) is 118 Å². The van der Waals surface area contributed by atoms with Gasteiger partial charge in [0.2, 0.25) is 5.91 Å². The number of carbonyl (C=O) groups excluding carboxylic acids is 3. The van der Waals surface area contributed by atoms with Gasteiger partial charge in [-0.25, -0.2) is 0 Å². The van der Waals surface area contributed by atoms with Gasteiger partial charge in [0, 0.05) is 41.7 Å². The highest BCUT2D eigenvalue weighted by Crippen LogP contribution is 2.60. The molecule has 1 spiro atoms. The number of fused-ring (bicyclic) bond motifs is 2. The van der Waals surface area contributed by atoms with Gasteiger partial charge < -0.3 is 34.4 Å². The fourth-order valence-corrected chi connectivity index (χ4v) is 8.49. The highest BCUT2D eigenvalue weighted by molar-refractivity contribution is 6.09. The molecule has 264 valence electrons. The Kier molecular flexibility index (Phi) is 9.79. The number of aliphatic hydroxyl groups is 1. The zero-order valence-electron chi connectivity index (χ0n) is 29.5. The monoisotopic (exact) mass is 681 g/mol. The van der Waals surface area contributed by atoms with E-state index in [1.807, 2.05) is 43.3 Å². The van der Waals surface area contributed by atoms with Gasteiger partial charge in [-0.2, -0.15) is 0 Å². The van der Waals surface area contributed by atoms with Crippen molar-refractivity contribution in [3.63, 3.8) is 0 Å². The number of hydrogen-bond acceptors (Lipinski definition) is 7. The number of anilines is 2. The van der Waals surface area contributed by atoms with Crippen molar-refractivity contribution in [1.82, 2.24) is 4.90 Å². The number of ether oxygens (including phenoxy) is 3. The minimum Gasteiger partial charge on any atom is -0.497 e. The zero-order chi connectivity index (χ0) is 35.8. The molecule has 10 nitrogen and oxygen atoms in total. The first-order valence-electron chi connectivity index (χ1n) is 17.3. The van der Waals surface area contributed by atoms with E-state index in [-0.39, 0.29) is 49.3 Å². The highest BCUT2D eigenvalue weighted by Gasteiger charge is 2.66. The normalized spacial score (nSPS) is 24.4. The van der Waals surface area contributed by atoms with E-state index in [0.29, 0.717) is 34.8 Å². The van der Waals surface area contributed by atoms with Gasteiger partial charge >= 0.3 is 0 Å². The molecular formula is C40H47N3O7. The predicted octanol–water partition coefficient (Wildman–Crippen LogP) is 5.69. The molecule has 0 saturated carbocycles. The van der Waals surface area contributed by atoms with Crippen LogP contribution in [0.3, 0.4) is 0 Å². The van der Waals surface area contributed by atoms with E-state index in [9.17, 15) is 19.5 Å². The van der Waals surface area contributed by atoms with Crippen molar-refractivity contribution in [3.8, 4) is 11.5 Å². The summed E-state index contributed by atoms with van der Waals surface area (Å²) in [5, 5.41) is 13.0. The molecule has 2 fully saturated rings. The number of methoxy groups -OCH3 is 2. The largest absolute Gasteiger partial charge is 0.497 e. The lowest BCUT2D eigenvalue weighted by Gasteiger charge is -2.39. The smallest absolute Gasteiger partial charge is 0.264 e. The Morgan fingerprint density at radius 1 is 1.06 bits per heavy atom. The predicted molar refractivity (Wildman–Crippen MR) is 192 cm³/mol. The molecule has 0 bridgehead atoms. The fraction of sp³-hybridized carbons (Fsp3) is 0.425. The van der Waals surface area contributed by atoms with Gasteiger partial charge in [-0.3, -0.25) is 14.4 Å². The van der Waals surface area contributed by atoms with Crippen LogP contribution in [-0.2, 0) is 25.3 Å². The van der Waals surface area contributed by atoms with Gasteiger partial charge in [-0.1, -0.05) is 39.0 Å². The Morgan fingerprint density at radius 3 is 2.34 bits per heavy atom. The molecule has 3 heterocycles. The quantitative estimate of drug-likeness (QED) is 0.250. The molecule has 2 saturated heterocycles. The number of amides is 3. The zero-order valence-corrected chi connectivity index (χ0v) is 29.5. The first kappa shape index (κ1) is 35.2. The molecule has 6 rings (SSSR count). The molecule has 0 radical (unpaired) electrons. The first-order chi connectivity index (χ1) is 24.0. The van der Waals surface area contributed by atoms with E-state index in [2.05, 4.69) is 25.7 Å². The molecule has 3 amide bonds. The Hall–Kier alpha value is -4.67. The third-order valence-corrected chi connectivity index (χ3v) is 11.0. The molecule has 50 heavy (non-hydrogen) atoms. The van der Waals surface area contributed by atoms with Crippen LogP contribution in [0.4, 0.5) is 11.4 Å². The Labute approximate surface area is 294 Å². The van der Waals surface area contributed by atoms with E-state index in [0.717, 1.165) is 24.2 Å². The first-order valence-corrected chi connectivity index (χ1v) is 17.3. The number of benzene rings is 3. The third-order valence-electron chi connectivity index (χ3n) is 11.0. The van der Waals surface area contributed by atoms with Crippen molar-refractivity contribution in [2.24, 2.45) is 11.8 Å². The Balaban J connectivity index is 1.42. The number of nitrogens with one attached hydrogen (secondary N) is 1. The molecule has 5 atom stereocenters. The van der Waals surface area contributed by atoms with E-state index >= 15 is 0 Å². The summed E-state index contributed by atoms with van der Waals surface area (Å²) in [5.74, 6) is 0.0770. The molecule has 10 heteroatoms. The number of hydrogen-bond donors (Lipinski definition) is 2. The van der Waals surface area contributed by atoms with Gasteiger partial charge in [0.15, 0.2) is 5.60 Å². The van der Waals surface area contributed by atoms with E-state index < -0.39 is 23.0 Å². The Bertz CT molecular complexity index is 1760. The maximum atomic E-state index is 14.8. The molecule has 0 aliphatic carbocycles. The summed E-state index contributed by atoms with van der Waals surface area (Å²) in [6, 6.07) is 20.0. The molecule has 3 aromatic rings. The number of likely N-dealkylation sites (tertiary alicyclic amines) is 1. The van der Waals surface area contributed by atoms with Crippen LogP contribution in [0.15, 0.2) is 79.4 Å². The summed E-state index contributed by atoms with van der Waals surface area (Å²) in [7, 11) is 3.20. The van der Waals surface area contributed by atoms with Gasteiger partial charge in [-0.15, -0.1) is 6.58 Å². The average Bonchev–Trinajstić information content (AvgIpc) is 3.79. The second kappa shape index (κ2) is 13.9. The maximum Gasteiger partial charge on any atom is 0.264 e. The SMILES string of the molecule is C=CCN1C(=O)[C@]2(O[C@H](CC(=O)N3CCC[C@H]3CO)[C@@H](C(C)(C)c3ccc(OC)cc3)[C@@H]2C)c2cc(NC(=O)c3ccc(OC)cc3)ccc21. The number of aliphatic hydroxyl groups excluding tert-OH is 1. The van der Waals surface area contributed by atoms with Crippen molar-refractivity contribution in [1.29, 1.82) is 0 Å². The van der Waals surface area contributed by atoms with E-state index in [1.165, 1.54) is 0 Å². The number of rotatable bonds is 11. The van der Waals surface area contributed by atoms with Crippen molar-refractivity contribution in [3.05, 3.63) is 96.1 Å². The highest BCUT2D eigenvalue weighted by atomic mass is 16.5. The summed E-state index contributed by atoms with van der Waals surface area (Å²) >= 11 is 0. The van der Waals surface area contributed by atoms with Crippen molar-refractivity contribution in [2.45, 2.75) is 63.2 Å². The lowest BCUT2D eigenvalue weighted by molar-refractivity contribution is -0.150. The van der Waals surface area contributed by atoms with Crippen LogP contribution in [-0.4, -0.2) is 73.8 Å². The number of carbonyl (C=O) groups is 3. The van der Waals surface area contributed by atoms with Crippen LogP contribution >= 0.6 is 0 Å². The maximum absolute atomic E-state index is 14.8. The summed E-state index contributed by atoms with van der Waals surface area (Å²) in [6.45, 7) is 11.0. The van der Waals surface area contributed by atoms with Gasteiger partial charge in [0.05, 0.1) is 45.1 Å². The summed E-state index contributed by atoms with van der Waals surface area (Å²) < 4.78 is 17.8. The minimum atomic E-state index is -1.43. The fourth-order valence-electron chi connectivity index (χ4n) is 8.49. The van der Waals surface area contributed by atoms with Crippen LogP contribution in [0.5, 0.6) is 11.5 Å². The van der Waals surface area contributed by atoms with Crippen LogP contribution in [0, 0.1) is 11.8 Å². The van der Waals surface area contributed by atoms with Gasteiger partial charge in [0.1, 0.15) is 11.5 Å². The molecule has 3 aliphatic heterocycles. The average molecular weight is 682 g/mol. The number of nitrogens with zero attached hydrogens (tertiary/aromatic N) is 2. The molecule has 2 N–H and O–H groups in total. The summed E-state index contributed by atoms with van der Waals surface area (Å²) in [4.78, 5) is 45.5. The second-order valence-electron chi connectivity index (χ2n) is 14.0. The standard InChI is InChI=1S/C40H47N3O7/c1-7-20-43-33-19-14-28(41-37(46)26-10-15-30(48-5)16-11-26)22-32(33)40(38(43)47)25(2)36(39(3,4)27-12-17-31(49-6)18-13-27)34(50-40)23-35(45)42-21-8-9-29(42)24-44/h7,10-19,22,25,29,34,36,44H,1,8-9,20-21,23-24H2,2-6H3,(H,41,46)/t25-,29-,34+,36-,40+/m0/s1. The molecular weight excluding hydrogens is 634 g/mol. The van der Waals surface area contributed by atoms with Crippen molar-refractivity contribution in [2.75, 3.05) is 44.1 Å². The van der Waals surface area contributed by atoms with Gasteiger partial charge in [0.25, 0.3) is 11.8 Å². The molecule has 0 unspecified atom stereocenters. The molecule has 3 aliphatic rings. The van der Waals surface area contributed by atoms with E-state index in [4.69, 9.17) is 14.2 Å².